The number of morpholine rings is 1. The minimum atomic E-state index is -3.56. The van der Waals surface area contributed by atoms with Crippen LogP contribution in [0, 0.1) is 0 Å². The van der Waals surface area contributed by atoms with Crippen molar-refractivity contribution in [1.82, 2.24) is 24.5 Å². The van der Waals surface area contributed by atoms with Crippen LogP contribution in [-0.2, 0) is 30.8 Å². The normalized spacial score (nSPS) is 20.1. The second-order valence-electron chi connectivity index (χ2n) is 7.16. The van der Waals surface area contributed by atoms with E-state index in [1.165, 1.54) is 28.2 Å². The van der Waals surface area contributed by atoms with Crippen molar-refractivity contribution >= 4 is 33.4 Å². The Morgan fingerprint density at radius 2 is 1.97 bits per heavy atom. The number of nitrogens with zero attached hydrogens (tertiary/aromatic N) is 5. The maximum atomic E-state index is 12.7. The highest BCUT2D eigenvalue weighted by molar-refractivity contribution is 7.99. The molecule has 1 aromatic heterocycles. The zero-order valence-electron chi connectivity index (χ0n) is 16.8. The highest BCUT2D eigenvalue weighted by Gasteiger charge is 2.26. The molecule has 0 saturated carbocycles. The molecule has 0 unspecified atom stereocenters. The summed E-state index contributed by atoms with van der Waals surface area (Å²) in [5.41, 5.74) is 0.519. The lowest BCUT2D eigenvalue weighted by Gasteiger charge is -2.26. The standard InChI is InChI=1S/C18H24N6O5S2/c25-17(13-30-18-20-21-22-24(18)12-15-2-1-9-29-15)19-14-3-5-16(6-4-14)31(26,27)23-7-10-28-11-8-23/h3-6,15H,1-2,7-13H2,(H,19,25)/t15-/m1/s1. The van der Waals surface area contributed by atoms with Crippen molar-refractivity contribution in [2.75, 3.05) is 44.0 Å². The number of carbonyl (C=O) groups excluding carboxylic acids is 1. The van der Waals surface area contributed by atoms with Gasteiger partial charge in [-0.3, -0.25) is 4.79 Å². The average molecular weight is 469 g/mol. The number of thioether (sulfide) groups is 1. The summed E-state index contributed by atoms with van der Waals surface area (Å²) in [5.74, 6) is -0.111. The summed E-state index contributed by atoms with van der Waals surface area (Å²) in [6.07, 6.45) is 2.11. The van der Waals surface area contributed by atoms with Gasteiger partial charge in [-0.1, -0.05) is 11.8 Å². The van der Waals surface area contributed by atoms with Crippen LogP contribution < -0.4 is 5.32 Å². The number of benzene rings is 1. The third kappa shape index (κ3) is 5.60. The number of aromatic nitrogens is 4. The number of anilines is 1. The average Bonchev–Trinajstić information content (AvgIpc) is 3.46. The zero-order valence-corrected chi connectivity index (χ0v) is 18.5. The van der Waals surface area contributed by atoms with E-state index in [1.54, 1.807) is 16.8 Å². The third-order valence-corrected chi connectivity index (χ3v) is 7.85. The van der Waals surface area contributed by atoms with Crippen molar-refractivity contribution in [2.45, 2.75) is 35.5 Å². The SMILES string of the molecule is O=C(CSc1nnnn1C[C@H]1CCCO1)Nc1ccc(S(=O)(=O)N2CCOCC2)cc1. The monoisotopic (exact) mass is 468 g/mol. The molecule has 168 valence electrons. The highest BCUT2D eigenvalue weighted by atomic mass is 32.2. The predicted octanol–water partition coefficient (Wildman–Crippen LogP) is 0.604. The van der Waals surface area contributed by atoms with Crippen LogP contribution in [0.4, 0.5) is 5.69 Å². The molecule has 1 atom stereocenters. The summed E-state index contributed by atoms with van der Waals surface area (Å²) in [7, 11) is -3.56. The van der Waals surface area contributed by atoms with Gasteiger partial charge in [0.05, 0.1) is 36.5 Å². The van der Waals surface area contributed by atoms with Crippen molar-refractivity contribution in [3.63, 3.8) is 0 Å². The molecule has 1 amide bonds. The van der Waals surface area contributed by atoms with E-state index in [9.17, 15) is 13.2 Å². The highest BCUT2D eigenvalue weighted by Crippen LogP contribution is 2.21. The van der Waals surface area contributed by atoms with Crippen molar-refractivity contribution in [2.24, 2.45) is 0 Å². The Labute approximate surface area is 184 Å². The van der Waals surface area contributed by atoms with E-state index >= 15 is 0 Å². The van der Waals surface area contributed by atoms with Crippen LogP contribution in [0.1, 0.15) is 12.8 Å². The number of sulfonamides is 1. The number of rotatable bonds is 8. The molecule has 2 aliphatic heterocycles. The van der Waals surface area contributed by atoms with Crippen LogP contribution in [0.3, 0.4) is 0 Å². The van der Waals surface area contributed by atoms with E-state index in [0.29, 0.717) is 43.7 Å². The molecule has 2 saturated heterocycles. The summed E-state index contributed by atoms with van der Waals surface area (Å²) in [4.78, 5) is 12.5. The first-order valence-electron chi connectivity index (χ1n) is 10.0. The van der Waals surface area contributed by atoms with Gasteiger partial charge in [0, 0.05) is 25.4 Å². The fourth-order valence-corrected chi connectivity index (χ4v) is 5.46. The van der Waals surface area contributed by atoms with Gasteiger partial charge in [-0.25, -0.2) is 13.1 Å². The molecule has 1 N–H and O–H groups in total. The molecule has 11 nitrogen and oxygen atoms in total. The van der Waals surface area contributed by atoms with Gasteiger partial charge in [-0.05, 0) is 47.5 Å². The molecule has 2 aromatic rings. The van der Waals surface area contributed by atoms with Gasteiger partial charge in [0.25, 0.3) is 0 Å². The van der Waals surface area contributed by atoms with Gasteiger partial charge in [-0.15, -0.1) is 5.10 Å². The molecule has 31 heavy (non-hydrogen) atoms. The van der Waals surface area contributed by atoms with Crippen LogP contribution >= 0.6 is 11.8 Å². The molecule has 13 heteroatoms. The molecule has 0 radical (unpaired) electrons. The second-order valence-corrected chi connectivity index (χ2v) is 10.0. The number of amides is 1. The van der Waals surface area contributed by atoms with E-state index in [1.807, 2.05) is 0 Å². The zero-order chi connectivity index (χ0) is 21.7. The molecule has 0 aliphatic carbocycles. The first-order chi connectivity index (χ1) is 15.0. The van der Waals surface area contributed by atoms with Crippen molar-refractivity contribution < 1.29 is 22.7 Å². The quantitative estimate of drug-likeness (QED) is 0.554. The first-order valence-corrected chi connectivity index (χ1v) is 12.4. The first kappa shape index (κ1) is 22.1. The second kappa shape index (κ2) is 10.0. The van der Waals surface area contributed by atoms with Gasteiger partial charge in [0.1, 0.15) is 0 Å². The van der Waals surface area contributed by atoms with E-state index in [4.69, 9.17) is 9.47 Å². The number of ether oxygens (including phenoxy) is 2. The molecule has 4 rings (SSSR count). The maximum Gasteiger partial charge on any atom is 0.243 e. The molecule has 1 aromatic carbocycles. The van der Waals surface area contributed by atoms with Gasteiger partial charge in [-0.2, -0.15) is 4.31 Å². The van der Waals surface area contributed by atoms with E-state index in [2.05, 4.69) is 20.8 Å². The molecular weight excluding hydrogens is 444 g/mol. The van der Waals surface area contributed by atoms with E-state index < -0.39 is 10.0 Å². The molecule has 3 heterocycles. The smallest absolute Gasteiger partial charge is 0.243 e. The number of carbonyl (C=O) groups is 1. The van der Waals surface area contributed by atoms with Crippen LogP contribution in [0.5, 0.6) is 0 Å². The van der Waals surface area contributed by atoms with Crippen LogP contribution in [-0.4, -0.2) is 83.6 Å². The molecular formula is C18H24N6O5S2. The number of hydrogen-bond acceptors (Lipinski definition) is 9. The van der Waals surface area contributed by atoms with Crippen molar-refractivity contribution in [3.8, 4) is 0 Å². The Kier molecular flexibility index (Phi) is 7.17. The fourth-order valence-electron chi connectivity index (χ4n) is 3.37. The molecule has 0 spiro atoms. The van der Waals surface area contributed by atoms with Gasteiger partial charge < -0.3 is 14.8 Å². The Morgan fingerprint density at radius 1 is 1.19 bits per heavy atom. The largest absolute Gasteiger partial charge is 0.379 e. The van der Waals surface area contributed by atoms with E-state index in [-0.39, 0.29) is 22.7 Å². The van der Waals surface area contributed by atoms with Gasteiger partial charge in [0.15, 0.2) is 0 Å². The lowest BCUT2D eigenvalue weighted by atomic mass is 10.2. The molecule has 2 fully saturated rings. The summed E-state index contributed by atoms with van der Waals surface area (Å²) in [5, 5.41) is 14.9. The Balaban J connectivity index is 1.30. The lowest BCUT2D eigenvalue weighted by Crippen LogP contribution is -2.40. The van der Waals surface area contributed by atoms with Gasteiger partial charge >= 0.3 is 0 Å². The molecule has 2 aliphatic rings. The summed E-state index contributed by atoms with van der Waals surface area (Å²) in [6, 6.07) is 6.15. The topological polar surface area (TPSA) is 129 Å². The van der Waals surface area contributed by atoms with Crippen LogP contribution in [0.25, 0.3) is 0 Å². The summed E-state index contributed by atoms with van der Waals surface area (Å²) < 4.78 is 39.2. The Hall–Kier alpha value is -2.06. The Morgan fingerprint density at radius 3 is 2.68 bits per heavy atom. The minimum Gasteiger partial charge on any atom is -0.379 e. The lowest BCUT2D eigenvalue weighted by molar-refractivity contribution is -0.113. The molecule has 0 bridgehead atoms. The number of tetrazole rings is 1. The summed E-state index contributed by atoms with van der Waals surface area (Å²) in [6.45, 7) is 2.78. The van der Waals surface area contributed by atoms with Crippen LogP contribution in [0.2, 0.25) is 0 Å². The maximum absolute atomic E-state index is 12.7. The van der Waals surface area contributed by atoms with Crippen LogP contribution in [0.15, 0.2) is 34.3 Å². The van der Waals surface area contributed by atoms with Crippen molar-refractivity contribution in [1.29, 1.82) is 0 Å². The minimum absolute atomic E-state index is 0.101. The van der Waals surface area contributed by atoms with Crippen molar-refractivity contribution in [3.05, 3.63) is 24.3 Å². The predicted molar refractivity (Wildman–Crippen MR) is 112 cm³/mol. The summed E-state index contributed by atoms with van der Waals surface area (Å²) >= 11 is 1.24. The number of nitrogens with one attached hydrogen (secondary N) is 1. The fraction of sp³-hybridized carbons (Fsp3) is 0.556. The third-order valence-electron chi connectivity index (χ3n) is 4.98. The van der Waals surface area contributed by atoms with Gasteiger partial charge in [0.2, 0.25) is 21.1 Å². The Bertz CT molecular complexity index is 985. The number of hydrogen-bond donors (Lipinski definition) is 1. The van der Waals surface area contributed by atoms with E-state index in [0.717, 1.165) is 19.4 Å².